The normalized spacial score (nSPS) is 11.3. The fourth-order valence-corrected chi connectivity index (χ4v) is 2.05. The fourth-order valence-electron chi connectivity index (χ4n) is 2.05. The van der Waals surface area contributed by atoms with Gasteiger partial charge in [-0.1, -0.05) is 17.3 Å². The summed E-state index contributed by atoms with van der Waals surface area (Å²) in [5, 5.41) is 12.8. The van der Waals surface area contributed by atoms with Crippen LogP contribution in [0.5, 0.6) is 5.75 Å². The number of hydrogen-bond donors (Lipinski definition) is 1. The number of ether oxygens (including phenoxy) is 1. The second-order valence-electron chi connectivity index (χ2n) is 5.21. The van der Waals surface area contributed by atoms with Crippen molar-refractivity contribution in [1.29, 1.82) is 0 Å². The highest BCUT2D eigenvalue weighted by molar-refractivity contribution is 5.89. The molecule has 0 spiro atoms. The molecule has 0 fully saturated rings. The van der Waals surface area contributed by atoms with Gasteiger partial charge in [-0.15, -0.1) is 0 Å². The Labute approximate surface area is 144 Å². The van der Waals surface area contributed by atoms with Crippen molar-refractivity contribution in [3.05, 3.63) is 65.5 Å². The monoisotopic (exact) mass is 364 g/mol. The van der Waals surface area contributed by atoms with Crippen molar-refractivity contribution in [2.24, 2.45) is 0 Å². The highest BCUT2D eigenvalue weighted by atomic mass is 19.4. The molecule has 1 N–H and O–H groups in total. The minimum Gasteiger partial charge on any atom is -0.508 e. The summed E-state index contributed by atoms with van der Waals surface area (Å²) in [5.41, 5.74) is -0.226. The Kier molecular flexibility index (Phi) is 4.61. The van der Waals surface area contributed by atoms with E-state index < -0.39 is 17.7 Å². The molecule has 0 aliphatic carbocycles. The highest BCUT2D eigenvalue weighted by Crippen LogP contribution is 2.30. The molecule has 1 heterocycles. The average molecular weight is 364 g/mol. The molecule has 134 valence electrons. The summed E-state index contributed by atoms with van der Waals surface area (Å²) in [6.07, 6.45) is -4.43. The molecular weight excluding hydrogens is 353 g/mol. The zero-order valence-electron chi connectivity index (χ0n) is 13.0. The number of aromatic hydroxyl groups is 1. The standard InChI is InChI=1S/C17H11F3N2O4/c18-17(19,20)12-5-1-10(2-6-12)15-21-14(26-22-15)9-25-16(24)11-3-7-13(23)8-4-11/h1-8,23H,9H2. The van der Waals surface area contributed by atoms with Gasteiger partial charge in [-0.2, -0.15) is 18.2 Å². The molecule has 0 unspecified atom stereocenters. The number of carbonyl (C=O) groups is 1. The molecule has 0 saturated heterocycles. The third kappa shape index (κ3) is 4.00. The molecule has 0 radical (unpaired) electrons. The van der Waals surface area contributed by atoms with Gasteiger partial charge in [0.05, 0.1) is 11.1 Å². The zero-order valence-corrected chi connectivity index (χ0v) is 13.0. The van der Waals surface area contributed by atoms with E-state index in [-0.39, 0.29) is 29.6 Å². The maximum absolute atomic E-state index is 12.6. The first-order valence-electron chi connectivity index (χ1n) is 7.29. The van der Waals surface area contributed by atoms with Gasteiger partial charge < -0.3 is 14.4 Å². The summed E-state index contributed by atoms with van der Waals surface area (Å²) < 4.78 is 47.6. The number of benzene rings is 2. The van der Waals surface area contributed by atoms with Gasteiger partial charge in [0, 0.05) is 5.56 Å². The van der Waals surface area contributed by atoms with Crippen LogP contribution in [0.1, 0.15) is 21.8 Å². The van der Waals surface area contributed by atoms with E-state index >= 15 is 0 Å². The number of halogens is 3. The smallest absolute Gasteiger partial charge is 0.416 e. The van der Waals surface area contributed by atoms with Crippen molar-refractivity contribution < 1.29 is 32.3 Å². The Morgan fingerprint density at radius 3 is 2.35 bits per heavy atom. The Morgan fingerprint density at radius 1 is 1.08 bits per heavy atom. The van der Waals surface area contributed by atoms with Crippen LogP contribution in [-0.4, -0.2) is 21.2 Å². The van der Waals surface area contributed by atoms with Gasteiger partial charge in [0.2, 0.25) is 5.82 Å². The number of phenolic OH excluding ortho intramolecular Hbond substituents is 1. The van der Waals surface area contributed by atoms with Crippen LogP contribution in [-0.2, 0) is 17.5 Å². The van der Waals surface area contributed by atoms with Crippen molar-refractivity contribution in [2.75, 3.05) is 0 Å². The molecule has 26 heavy (non-hydrogen) atoms. The van der Waals surface area contributed by atoms with Crippen LogP contribution < -0.4 is 0 Å². The number of aromatic nitrogens is 2. The first kappa shape index (κ1) is 17.5. The zero-order chi connectivity index (χ0) is 18.7. The van der Waals surface area contributed by atoms with E-state index in [0.29, 0.717) is 5.56 Å². The average Bonchev–Trinajstić information content (AvgIpc) is 3.09. The van der Waals surface area contributed by atoms with E-state index in [1.807, 2.05) is 0 Å². The van der Waals surface area contributed by atoms with Crippen molar-refractivity contribution >= 4 is 5.97 Å². The largest absolute Gasteiger partial charge is 0.508 e. The number of rotatable bonds is 4. The molecule has 0 bridgehead atoms. The van der Waals surface area contributed by atoms with Gasteiger partial charge >= 0.3 is 12.1 Å². The number of nitrogens with zero attached hydrogens (tertiary/aromatic N) is 2. The Bertz CT molecular complexity index is 903. The predicted octanol–water partition coefficient (Wildman–Crippen LogP) is 3.82. The van der Waals surface area contributed by atoms with Crippen LogP contribution in [0.15, 0.2) is 53.1 Å². The van der Waals surface area contributed by atoms with E-state index in [4.69, 9.17) is 9.26 Å². The summed E-state index contributed by atoms with van der Waals surface area (Å²) in [4.78, 5) is 15.8. The van der Waals surface area contributed by atoms with Gasteiger partial charge in [0.15, 0.2) is 6.61 Å². The van der Waals surface area contributed by atoms with Crippen LogP contribution in [0.2, 0.25) is 0 Å². The molecule has 1 aromatic heterocycles. The van der Waals surface area contributed by atoms with Gasteiger partial charge in [-0.3, -0.25) is 0 Å². The second-order valence-corrected chi connectivity index (χ2v) is 5.21. The van der Waals surface area contributed by atoms with Crippen molar-refractivity contribution in [3.8, 4) is 17.1 Å². The lowest BCUT2D eigenvalue weighted by Crippen LogP contribution is -2.05. The summed E-state index contributed by atoms with van der Waals surface area (Å²) in [6.45, 7) is -0.298. The molecule has 3 aromatic rings. The molecule has 3 rings (SSSR count). The molecular formula is C17H11F3N2O4. The Hall–Kier alpha value is -3.36. The number of carbonyl (C=O) groups excluding carboxylic acids is 1. The number of alkyl halides is 3. The first-order chi connectivity index (χ1) is 12.3. The molecule has 0 atom stereocenters. The van der Waals surface area contributed by atoms with Crippen LogP contribution in [0.4, 0.5) is 13.2 Å². The minimum atomic E-state index is -4.43. The first-order valence-corrected chi connectivity index (χ1v) is 7.29. The minimum absolute atomic E-state index is 0.00738. The van der Waals surface area contributed by atoms with Crippen LogP contribution >= 0.6 is 0 Å². The fraction of sp³-hybridized carbons (Fsp3) is 0.118. The third-order valence-corrected chi connectivity index (χ3v) is 3.37. The summed E-state index contributed by atoms with van der Waals surface area (Å²) in [7, 11) is 0. The second kappa shape index (κ2) is 6.87. The van der Waals surface area contributed by atoms with Crippen LogP contribution in [0, 0.1) is 0 Å². The number of hydrogen-bond acceptors (Lipinski definition) is 6. The van der Waals surface area contributed by atoms with Gasteiger partial charge in [-0.25, -0.2) is 4.79 Å². The van der Waals surface area contributed by atoms with E-state index in [1.165, 1.54) is 36.4 Å². The highest BCUT2D eigenvalue weighted by Gasteiger charge is 2.30. The van der Waals surface area contributed by atoms with Gasteiger partial charge in [0.1, 0.15) is 5.75 Å². The van der Waals surface area contributed by atoms with E-state index in [2.05, 4.69) is 10.1 Å². The summed E-state index contributed by atoms with van der Waals surface area (Å²) in [5.74, 6) is -0.569. The number of phenols is 1. The van der Waals surface area contributed by atoms with Crippen molar-refractivity contribution in [1.82, 2.24) is 10.1 Å². The lowest BCUT2D eigenvalue weighted by Gasteiger charge is -2.05. The molecule has 6 nitrogen and oxygen atoms in total. The quantitative estimate of drug-likeness (QED) is 0.709. The molecule has 9 heteroatoms. The maximum Gasteiger partial charge on any atom is 0.416 e. The van der Waals surface area contributed by atoms with Crippen LogP contribution in [0.25, 0.3) is 11.4 Å². The molecule has 2 aromatic carbocycles. The lowest BCUT2D eigenvalue weighted by molar-refractivity contribution is -0.137. The Morgan fingerprint density at radius 2 is 1.73 bits per heavy atom. The molecule has 0 saturated carbocycles. The third-order valence-electron chi connectivity index (χ3n) is 3.37. The van der Waals surface area contributed by atoms with Gasteiger partial charge in [0.25, 0.3) is 5.89 Å². The topological polar surface area (TPSA) is 85.5 Å². The summed E-state index contributed by atoms with van der Waals surface area (Å²) >= 11 is 0. The molecule has 0 aliphatic heterocycles. The SMILES string of the molecule is O=C(OCc1nc(-c2ccc(C(F)(F)F)cc2)no1)c1ccc(O)cc1. The predicted molar refractivity (Wildman–Crippen MR) is 82.0 cm³/mol. The van der Waals surface area contributed by atoms with E-state index in [0.717, 1.165) is 12.1 Å². The number of esters is 1. The van der Waals surface area contributed by atoms with Crippen molar-refractivity contribution in [3.63, 3.8) is 0 Å². The lowest BCUT2D eigenvalue weighted by atomic mass is 10.1. The Balaban J connectivity index is 1.64. The molecule has 0 amide bonds. The van der Waals surface area contributed by atoms with Gasteiger partial charge in [-0.05, 0) is 36.4 Å². The van der Waals surface area contributed by atoms with E-state index in [1.54, 1.807) is 0 Å². The van der Waals surface area contributed by atoms with E-state index in [9.17, 15) is 23.1 Å². The van der Waals surface area contributed by atoms with Crippen LogP contribution in [0.3, 0.4) is 0 Å². The molecule has 0 aliphatic rings. The summed E-state index contributed by atoms with van der Waals surface area (Å²) in [6, 6.07) is 9.72. The van der Waals surface area contributed by atoms with Crippen molar-refractivity contribution in [2.45, 2.75) is 12.8 Å². The maximum atomic E-state index is 12.6.